The Morgan fingerprint density at radius 1 is 1.23 bits per heavy atom. The van der Waals surface area contributed by atoms with Gasteiger partial charge in [0.15, 0.2) is 0 Å². The van der Waals surface area contributed by atoms with Crippen molar-refractivity contribution in [3.63, 3.8) is 0 Å². The van der Waals surface area contributed by atoms with E-state index in [9.17, 15) is 10.1 Å². The highest BCUT2D eigenvalue weighted by atomic mass is 32.1. The second-order valence-electron chi connectivity index (χ2n) is 7.12. The molecule has 0 fully saturated rings. The quantitative estimate of drug-likeness (QED) is 0.826. The highest BCUT2D eigenvalue weighted by Gasteiger charge is 2.29. The van der Waals surface area contributed by atoms with Gasteiger partial charge in [-0.15, -0.1) is 11.3 Å². The van der Waals surface area contributed by atoms with Gasteiger partial charge in [-0.05, 0) is 56.2 Å². The van der Waals surface area contributed by atoms with Crippen LogP contribution < -0.4 is 10.2 Å². The van der Waals surface area contributed by atoms with E-state index >= 15 is 0 Å². The molecule has 4 nitrogen and oxygen atoms in total. The number of nitrogens with zero attached hydrogens (tertiary/aromatic N) is 2. The van der Waals surface area contributed by atoms with Gasteiger partial charge >= 0.3 is 0 Å². The van der Waals surface area contributed by atoms with Gasteiger partial charge in [0.25, 0.3) is 0 Å². The number of carbonyl (C=O) groups is 1. The lowest BCUT2D eigenvalue weighted by Gasteiger charge is -2.26. The number of thiophene rings is 1. The Balaban J connectivity index is 1.55. The first kappa shape index (κ1) is 17.1. The van der Waals surface area contributed by atoms with Crippen molar-refractivity contribution in [2.45, 2.75) is 51.5 Å². The summed E-state index contributed by atoms with van der Waals surface area (Å²) in [5.41, 5.74) is 4.31. The zero-order valence-electron chi connectivity index (χ0n) is 15.0. The first-order valence-electron chi connectivity index (χ1n) is 9.39. The van der Waals surface area contributed by atoms with E-state index in [2.05, 4.69) is 28.4 Å². The number of benzene rings is 1. The summed E-state index contributed by atoms with van der Waals surface area (Å²) in [6, 6.07) is 10.4. The number of hydrogen-bond donors (Lipinski definition) is 1. The van der Waals surface area contributed by atoms with E-state index in [1.54, 1.807) is 11.3 Å². The van der Waals surface area contributed by atoms with Crippen LogP contribution in [0.3, 0.4) is 0 Å². The Morgan fingerprint density at radius 2 is 2.04 bits per heavy atom. The minimum Gasteiger partial charge on any atom is -0.359 e. The van der Waals surface area contributed by atoms with Crippen molar-refractivity contribution in [2.24, 2.45) is 0 Å². The van der Waals surface area contributed by atoms with E-state index in [0.29, 0.717) is 5.56 Å². The third kappa shape index (κ3) is 2.99. The van der Waals surface area contributed by atoms with Gasteiger partial charge in [0.1, 0.15) is 17.1 Å². The molecule has 0 radical (unpaired) electrons. The van der Waals surface area contributed by atoms with Gasteiger partial charge in [-0.2, -0.15) is 5.26 Å². The van der Waals surface area contributed by atoms with Crippen molar-refractivity contribution < 1.29 is 4.79 Å². The third-order valence-corrected chi connectivity index (χ3v) is 6.75. The van der Waals surface area contributed by atoms with Crippen LogP contribution >= 0.6 is 11.3 Å². The summed E-state index contributed by atoms with van der Waals surface area (Å²) in [4.78, 5) is 16.4. The van der Waals surface area contributed by atoms with Crippen molar-refractivity contribution in [1.82, 2.24) is 0 Å². The molecular formula is C21H23N3OS. The predicted octanol–water partition coefficient (Wildman–Crippen LogP) is 4.28. The van der Waals surface area contributed by atoms with Gasteiger partial charge in [0.2, 0.25) is 5.91 Å². The lowest BCUT2D eigenvalue weighted by atomic mass is 10.1. The number of hydrogen-bond acceptors (Lipinski definition) is 4. The normalized spacial score (nSPS) is 17.0. The van der Waals surface area contributed by atoms with Crippen LogP contribution in [0.2, 0.25) is 0 Å². The Kier molecular flexibility index (Phi) is 4.69. The molecule has 0 bridgehead atoms. The molecule has 5 heteroatoms. The second-order valence-corrected chi connectivity index (χ2v) is 8.22. The molecule has 0 unspecified atom stereocenters. The van der Waals surface area contributed by atoms with Crippen LogP contribution in [0, 0.1) is 11.3 Å². The zero-order chi connectivity index (χ0) is 18.1. The fraction of sp³-hybridized carbons (Fsp3) is 0.429. The van der Waals surface area contributed by atoms with Gasteiger partial charge in [0, 0.05) is 17.1 Å². The molecule has 134 valence electrons. The summed E-state index contributed by atoms with van der Waals surface area (Å²) in [6.07, 6.45) is 6.49. The van der Waals surface area contributed by atoms with E-state index in [0.717, 1.165) is 42.9 Å². The van der Waals surface area contributed by atoms with Crippen LogP contribution in [-0.2, 0) is 24.1 Å². The molecule has 2 aliphatic rings. The number of anilines is 2. The summed E-state index contributed by atoms with van der Waals surface area (Å²) in [5, 5.41) is 13.4. The summed E-state index contributed by atoms with van der Waals surface area (Å²) in [6.45, 7) is 2.81. The molecule has 1 N–H and O–H groups in total. The first-order valence-corrected chi connectivity index (χ1v) is 10.2. The van der Waals surface area contributed by atoms with Crippen LogP contribution in [0.25, 0.3) is 0 Å². The summed E-state index contributed by atoms with van der Waals surface area (Å²) in [5.74, 6) is -0.0328. The largest absolute Gasteiger partial charge is 0.359 e. The van der Waals surface area contributed by atoms with E-state index in [1.165, 1.54) is 28.8 Å². The monoisotopic (exact) mass is 365 g/mol. The summed E-state index contributed by atoms with van der Waals surface area (Å²) < 4.78 is 0. The Morgan fingerprint density at radius 3 is 2.88 bits per heavy atom. The van der Waals surface area contributed by atoms with Crippen molar-refractivity contribution in [3.05, 3.63) is 45.8 Å². The van der Waals surface area contributed by atoms with Crippen molar-refractivity contribution in [3.8, 4) is 6.07 Å². The molecule has 1 aliphatic carbocycles. The molecule has 2 heterocycles. The average molecular weight is 366 g/mol. The van der Waals surface area contributed by atoms with Gasteiger partial charge in [0.05, 0.1) is 5.56 Å². The summed E-state index contributed by atoms with van der Waals surface area (Å²) in [7, 11) is 0. The Bertz CT molecular complexity index is 880. The van der Waals surface area contributed by atoms with Crippen LogP contribution in [0.15, 0.2) is 24.3 Å². The van der Waals surface area contributed by atoms with Crippen molar-refractivity contribution in [1.29, 1.82) is 5.26 Å². The molecule has 2 aromatic rings. The number of carbonyl (C=O) groups excluding carboxylic acids is 1. The maximum Gasteiger partial charge on any atom is 0.247 e. The maximum absolute atomic E-state index is 12.9. The Labute approximate surface area is 158 Å². The molecule has 1 aromatic heterocycles. The van der Waals surface area contributed by atoms with Crippen LogP contribution in [0.4, 0.5) is 10.7 Å². The summed E-state index contributed by atoms with van der Waals surface area (Å²) >= 11 is 1.60. The van der Waals surface area contributed by atoms with Crippen molar-refractivity contribution >= 4 is 27.9 Å². The highest BCUT2D eigenvalue weighted by Crippen LogP contribution is 2.37. The van der Waals surface area contributed by atoms with Crippen molar-refractivity contribution in [2.75, 3.05) is 16.8 Å². The van der Waals surface area contributed by atoms with Gasteiger partial charge < -0.3 is 10.2 Å². The number of fused-ring (bicyclic) bond motifs is 2. The molecule has 1 aromatic carbocycles. The molecule has 0 saturated heterocycles. The SMILES string of the molecule is C[C@@H](C(=O)Nc1sc2c(c1C#N)CCCCC2)N1CCc2ccccc21. The molecule has 0 saturated carbocycles. The van der Waals surface area contributed by atoms with E-state index < -0.39 is 0 Å². The minimum absolute atomic E-state index is 0.0328. The van der Waals surface area contributed by atoms with E-state index in [-0.39, 0.29) is 11.9 Å². The van der Waals surface area contributed by atoms with Crippen LogP contribution in [0.1, 0.15) is 47.8 Å². The minimum atomic E-state index is -0.257. The fourth-order valence-corrected chi connectivity index (χ4v) is 5.32. The molecule has 1 atom stereocenters. The second kappa shape index (κ2) is 7.13. The third-order valence-electron chi connectivity index (χ3n) is 5.54. The van der Waals surface area contributed by atoms with E-state index in [4.69, 9.17) is 0 Å². The maximum atomic E-state index is 12.9. The molecule has 1 aliphatic heterocycles. The fourth-order valence-electron chi connectivity index (χ4n) is 4.07. The molecule has 1 amide bonds. The van der Waals surface area contributed by atoms with Gasteiger partial charge in [-0.25, -0.2) is 0 Å². The van der Waals surface area contributed by atoms with Crippen LogP contribution in [0.5, 0.6) is 0 Å². The zero-order valence-corrected chi connectivity index (χ0v) is 15.9. The Hall–Kier alpha value is -2.32. The first-order chi connectivity index (χ1) is 12.7. The topological polar surface area (TPSA) is 56.1 Å². The smallest absolute Gasteiger partial charge is 0.247 e. The average Bonchev–Trinajstić information content (AvgIpc) is 3.14. The number of rotatable bonds is 3. The number of para-hydroxylation sites is 1. The van der Waals surface area contributed by atoms with Gasteiger partial charge in [-0.1, -0.05) is 24.6 Å². The molecule has 0 spiro atoms. The number of aryl methyl sites for hydroxylation is 1. The standard InChI is InChI=1S/C21H23N3OS/c1-14(24-12-11-15-7-5-6-9-18(15)24)20(25)23-21-17(13-22)16-8-3-2-4-10-19(16)26-21/h5-7,9,14H,2-4,8,10-12H2,1H3,(H,23,25)/t14-/m0/s1. The van der Waals surface area contributed by atoms with E-state index in [1.807, 2.05) is 19.1 Å². The van der Waals surface area contributed by atoms with Gasteiger partial charge in [-0.3, -0.25) is 4.79 Å². The number of nitriles is 1. The lowest BCUT2D eigenvalue weighted by Crippen LogP contribution is -2.41. The molecule has 4 rings (SSSR count). The number of amides is 1. The number of nitrogens with one attached hydrogen (secondary N) is 1. The molecular weight excluding hydrogens is 342 g/mol. The lowest BCUT2D eigenvalue weighted by molar-refractivity contribution is -0.117. The highest BCUT2D eigenvalue weighted by molar-refractivity contribution is 7.16. The van der Waals surface area contributed by atoms with Crippen LogP contribution in [-0.4, -0.2) is 18.5 Å². The predicted molar refractivity (Wildman–Crippen MR) is 106 cm³/mol. The molecule has 26 heavy (non-hydrogen) atoms.